The molecule has 2 aromatic heterocycles. The molecule has 4 rings (SSSR count). The van der Waals surface area contributed by atoms with E-state index in [2.05, 4.69) is 20.8 Å². The predicted octanol–water partition coefficient (Wildman–Crippen LogP) is 4.23. The molecule has 1 aliphatic rings. The van der Waals surface area contributed by atoms with E-state index < -0.39 is 5.91 Å². The summed E-state index contributed by atoms with van der Waals surface area (Å²) in [5, 5.41) is 1.32. The third kappa shape index (κ3) is 4.18. The number of fused-ring (bicyclic) bond motifs is 3. The number of benzene rings is 1. The molecule has 1 aromatic carbocycles. The third-order valence-corrected chi connectivity index (χ3v) is 8.03. The zero-order valence-corrected chi connectivity index (χ0v) is 19.2. The number of primary amides is 1. The van der Waals surface area contributed by atoms with Crippen molar-refractivity contribution in [3.8, 4) is 0 Å². The first-order chi connectivity index (χ1) is 14.2. The van der Waals surface area contributed by atoms with E-state index in [4.69, 9.17) is 10.7 Å². The van der Waals surface area contributed by atoms with Gasteiger partial charge in [0.15, 0.2) is 5.16 Å². The van der Waals surface area contributed by atoms with Gasteiger partial charge in [0.05, 0.1) is 17.7 Å². The molecule has 1 aliphatic carbocycles. The van der Waals surface area contributed by atoms with E-state index in [1.54, 1.807) is 15.9 Å². The summed E-state index contributed by atoms with van der Waals surface area (Å²) < 4.78 is 1.70. The summed E-state index contributed by atoms with van der Waals surface area (Å²) in [6.45, 7) is 7.30. The largest absolute Gasteiger partial charge is 0.369 e. The number of thiophene rings is 1. The number of hydrogen-bond acceptors (Lipinski definition) is 5. The average Bonchev–Trinajstić information content (AvgIpc) is 3.06. The quantitative estimate of drug-likeness (QED) is 0.475. The molecule has 1 unspecified atom stereocenters. The van der Waals surface area contributed by atoms with E-state index in [1.807, 2.05) is 30.3 Å². The monoisotopic (exact) mass is 441 g/mol. The number of carbonyl (C=O) groups excluding carboxylic acids is 1. The second-order valence-corrected chi connectivity index (χ2v) is 11.0. The van der Waals surface area contributed by atoms with E-state index >= 15 is 0 Å². The minimum absolute atomic E-state index is 0.0115. The molecule has 0 spiro atoms. The van der Waals surface area contributed by atoms with Crippen LogP contribution in [0.1, 0.15) is 43.2 Å². The lowest BCUT2D eigenvalue weighted by Gasteiger charge is -2.33. The molecule has 30 heavy (non-hydrogen) atoms. The molecule has 7 heteroatoms. The lowest BCUT2D eigenvalue weighted by Crippen LogP contribution is -2.28. The Labute approximate surface area is 184 Å². The molecular formula is C23H27N3O2S2. The van der Waals surface area contributed by atoms with Crippen molar-refractivity contribution in [1.29, 1.82) is 0 Å². The second kappa shape index (κ2) is 8.19. The number of aromatic nitrogens is 2. The van der Waals surface area contributed by atoms with Gasteiger partial charge in [0, 0.05) is 4.88 Å². The summed E-state index contributed by atoms with van der Waals surface area (Å²) in [6.07, 6.45) is 3.02. The van der Waals surface area contributed by atoms with Gasteiger partial charge in [-0.2, -0.15) is 0 Å². The standard InChI is InChI=1S/C23H27N3O2S2/c1-23(2,3)15-9-10-16-17(11-15)30-20-19(16)21(28)26(12-14-7-5-4-6-8-14)22(25-20)29-13-18(24)27/h4-8,15H,9-13H2,1-3H3,(H2,24,27). The Bertz CT molecular complexity index is 1140. The maximum absolute atomic E-state index is 13.6. The van der Waals surface area contributed by atoms with Crippen molar-refractivity contribution >= 4 is 39.2 Å². The van der Waals surface area contributed by atoms with Crippen LogP contribution in [0.2, 0.25) is 0 Å². The Morgan fingerprint density at radius 3 is 2.70 bits per heavy atom. The first-order valence-electron chi connectivity index (χ1n) is 10.2. The molecule has 0 radical (unpaired) electrons. The normalized spacial score (nSPS) is 16.6. The maximum Gasteiger partial charge on any atom is 0.263 e. The topological polar surface area (TPSA) is 78.0 Å². The zero-order valence-electron chi connectivity index (χ0n) is 17.6. The Hall–Kier alpha value is -2.12. The van der Waals surface area contributed by atoms with Gasteiger partial charge in [0.2, 0.25) is 5.91 Å². The van der Waals surface area contributed by atoms with Gasteiger partial charge in [-0.05, 0) is 41.7 Å². The number of thioether (sulfide) groups is 1. The summed E-state index contributed by atoms with van der Waals surface area (Å²) in [6, 6.07) is 9.87. The van der Waals surface area contributed by atoms with Crippen LogP contribution in [-0.2, 0) is 24.2 Å². The Balaban J connectivity index is 1.82. The van der Waals surface area contributed by atoms with Gasteiger partial charge in [-0.3, -0.25) is 14.2 Å². The van der Waals surface area contributed by atoms with Crippen LogP contribution in [0.25, 0.3) is 10.2 Å². The van der Waals surface area contributed by atoms with E-state index in [0.717, 1.165) is 35.0 Å². The summed E-state index contributed by atoms with van der Waals surface area (Å²) in [5.41, 5.74) is 7.80. The fourth-order valence-electron chi connectivity index (χ4n) is 4.13. The fraction of sp³-hybridized carbons (Fsp3) is 0.435. The van der Waals surface area contributed by atoms with Crippen molar-refractivity contribution in [1.82, 2.24) is 9.55 Å². The summed E-state index contributed by atoms with van der Waals surface area (Å²) in [5.74, 6) is 0.289. The lowest BCUT2D eigenvalue weighted by atomic mass is 9.72. The van der Waals surface area contributed by atoms with Crippen LogP contribution in [0, 0.1) is 11.3 Å². The second-order valence-electron chi connectivity index (χ2n) is 9.02. The number of rotatable bonds is 5. The van der Waals surface area contributed by atoms with E-state index in [1.165, 1.54) is 22.2 Å². The number of aryl methyl sites for hydroxylation is 1. The molecule has 1 amide bonds. The summed E-state index contributed by atoms with van der Waals surface area (Å²) in [7, 11) is 0. The first kappa shape index (κ1) is 21.1. The van der Waals surface area contributed by atoms with Gasteiger partial charge in [0.25, 0.3) is 5.56 Å². The van der Waals surface area contributed by atoms with Gasteiger partial charge in [0.1, 0.15) is 4.83 Å². The molecule has 158 valence electrons. The SMILES string of the molecule is CC(C)(C)C1CCc2c(sc3nc(SCC(N)=O)n(Cc4ccccc4)c(=O)c23)C1. The maximum atomic E-state index is 13.6. The number of amides is 1. The third-order valence-electron chi connectivity index (χ3n) is 5.89. The predicted molar refractivity (Wildman–Crippen MR) is 124 cm³/mol. The number of nitrogens with two attached hydrogens (primary N) is 1. The van der Waals surface area contributed by atoms with Crippen molar-refractivity contribution in [2.75, 3.05) is 5.75 Å². The highest BCUT2D eigenvalue weighted by molar-refractivity contribution is 7.99. The van der Waals surface area contributed by atoms with E-state index in [-0.39, 0.29) is 16.7 Å². The highest BCUT2D eigenvalue weighted by Crippen LogP contribution is 2.42. The molecule has 0 aliphatic heterocycles. The minimum Gasteiger partial charge on any atom is -0.369 e. The Kier molecular flexibility index (Phi) is 5.77. The van der Waals surface area contributed by atoms with Gasteiger partial charge in [-0.1, -0.05) is 62.9 Å². The molecule has 3 aromatic rings. The van der Waals surface area contributed by atoms with Gasteiger partial charge >= 0.3 is 0 Å². The molecule has 0 bridgehead atoms. The van der Waals surface area contributed by atoms with Crippen LogP contribution >= 0.6 is 23.1 Å². The molecule has 1 atom stereocenters. The van der Waals surface area contributed by atoms with Crippen molar-refractivity contribution in [2.45, 2.75) is 51.7 Å². The average molecular weight is 442 g/mol. The van der Waals surface area contributed by atoms with Crippen LogP contribution in [-0.4, -0.2) is 21.2 Å². The number of carbonyl (C=O) groups is 1. The number of hydrogen-bond donors (Lipinski definition) is 1. The fourth-order valence-corrected chi connectivity index (χ4v) is 6.21. The highest BCUT2D eigenvalue weighted by atomic mass is 32.2. The molecule has 2 heterocycles. The van der Waals surface area contributed by atoms with Crippen LogP contribution < -0.4 is 11.3 Å². The molecule has 0 saturated heterocycles. The molecule has 0 fully saturated rings. The van der Waals surface area contributed by atoms with E-state index in [0.29, 0.717) is 17.6 Å². The van der Waals surface area contributed by atoms with Crippen LogP contribution in [0.5, 0.6) is 0 Å². The number of nitrogens with zero attached hydrogens (tertiary/aromatic N) is 2. The highest BCUT2D eigenvalue weighted by Gasteiger charge is 2.32. The van der Waals surface area contributed by atoms with Crippen LogP contribution in [0.4, 0.5) is 0 Å². The Morgan fingerprint density at radius 1 is 1.30 bits per heavy atom. The smallest absolute Gasteiger partial charge is 0.263 e. The lowest BCUT2D eigenvalue weighted by molar-refractivity contribution is -0.115. The van der Waals surface area contributed by atoms with Gasteiger partial charge in [-0.25, -0.2) is 4.98 Å². The molecule has 2 N–H and O–H groups in total. The summed E-state index contributed by atoms with van der Waals surface area (Å²) in [4.78, 5) is 31.9. The van der Waals surface area contributed by atoms with Crippen LogP contribution in [0.15, 0.2) is 40.3 Å². The van der Waals surface area contributed by atoms with Crippen LogP contribution in [0.3, 0.4) is 0 Å². The van der Waals surface area contributed by atoms with Crippen molar-refractivity contribution in [2.24, 2.45) is 17.1 Å². The van der Waals surface area contributed by atoms with Crippen molar-refractivity contribution in [3.05, 3.63) is 56.7 Å². The minimum atomic E-state index is -0.417. The van der Waals surface area contributed by atoms with E-state index in [9.17, 15) is 9.59 Å². The van der Waals surface area contributed by atoms with Gasteiger partial charge < -0.3 is 5.73 Å². The van der Waals surface area contributed by atoms with Crippen molar-refractivity contribution < 1.29 is 4.79 Å². The first-order valence-corrected chi connectivity index (χ1v) is 12.0. The van der Waals surface area contributed by atoms with Gasteiger partial charge in [-0.15, -0.1) is 11.3 Å². The Morgan fingerprint density at radius 2 is 2.03 bits per heavy atom. The molecular weight excluding hydrogens is 414 g/mol. The molecule has 0 saturated carbocycles. The summed E-state index contributed by atoms with van der Waals surface area (Å²) >= 11 is 2.88. The molecule has 5 nitrogen and oxygen atoms in total. The zero-order chi connectivity index (χ0) is 21.5. The van der Waals surface area contributed by atoms with Crippen molar-refractivity contribution in [3.63, 3.8) is 0 Å².